The van der Waals surface area contributed by atoms with Gasteiger partial charge in [0.15, 0.2) is 0 Å². The number of fused-ring (bicyclic) bond motifs is 1. The highest BCUT2D eigenvalue weighted by atomic mass is 35.5. The van der Waals surface area contributed by atoms with Crippen molar-refractivity contribution in [3.05, 3.63) is 82.2 Å². The zero-order valence-corrected chi connectivity index (χ0v) is 21.7. The highest BCUT2D eigenvalue weighted by Crippen LogP contribution is 2.37. The first-order valence-corrected chi connectivity index (χ1v) is 13.2. The number of cyclic esters (lactones) is 1. The fourth-order valence-electron chi connectivity index (χ4n) is 4.65. The largest absolute Gasteiger partial charge is 0.447 e. The maximum atomic E-state index is 16.0. The lowest BCUT2D eigenvalue weighted by Crippen LogP contribution is -2.23. The van der Waals surface area contributed by atoms with E-state index in [4.69, 9.17) is 26.3 Å². The molecule has 4 heterocycles. The Morgan fingerprint density at radius 2 is 1.86 bits per heavy atom. The zero-order chi connectivity index (χ0) is 25.7. The van der Waals surface area contributed by atoms with Crippen LogP contribution in [0.1, 0.15) is 18.2 Å². The number of amides is 1. The third kappa shape index (κ3) is 4.06. The van der Waals surface area contributed by atoms with Gasteiger partial charge in [0.2, 0.25) is 0 Å². The molecule has 6 nitrogen and oxygen atoms in total. The Hall–Kier alpha value is -3.75. The SMILES string of the molecule is CCc1nc2ccc(N3CCOC3=O)cn2c1-c1ccc(-c2nc(-c3ccc(Cl)cc3)cs2)c(C)c1F. The van der Waals surface area contributed by atoms with Gasteiger partial charge in [-0.15, -0.1) is 11.3 Å². The molecule has 37 heavy (non-hydrogen) atoms. The van der Waals surface area contributed by atoms with E-state index in [-0.39, 0.29) is 11.9 Å². The number of rotatable bonds is 5. The number of thiazole rings is 1. The lowest BCUT2D eigenvalue weighted by atomic mass is 10.0. The summed E-state index contributed by atoms with van der Waals surface area (Å²) in [5.41, 5.74) is 6.35. The minimum absolute atomic E-state index is 0.316. The van der Waals surface area contributed by atoms with Crippen LogP contribution in [0.2, 0.25) is 5.02 Å². The summed E-state index contributed by atoms with van der Waals surface area (Å²) in [4.78, 5) is 23.2. The molecule has 5 aromatic rings. The molecular formula is C28H22ClFN4O2S. The van der Waals surface area contributed by atoms with Crippen molar-refractivity contribution >= 4 is 40.4 Å². The normalized spacial score (nSPS) is 13.5. The van der Waals surface area contributed by atoms with Gasteiger partial charge in [0.1, 0.15) is 23.1 Å². The molecule has 0 aliphatic carbocycles. The zero-order valence-electron chi connectivity index (χ0n) is 20.2. The first-order chi connectivity index (χ1) is 17.9. The smallest absolute Gasteiger partial charge is 0.414 e. The molecule has 1 fully saturated rings. The summed E-state index contributed by atoms with van der Waals surface area (Å²) in [6.45, 7) is 4.59. The van der Waals surface area contributed by atoms with E-state index in [1.807, 2.05) is 65.4 Å². The second-order valence-electron chi connectivity index (χ2n) is 8.79. The van der Waals surface area contributed by atoms with Crippen LogP contribution in [0.15, 0.2) is 60.1 Å². The minimum Gasteiger partial charge on any atom is -0.447 e. The van der Waals surface area contributed by atoms with Crippen molar-refractivity contribution in [3.63, 3.8) is 0 Å². The number of nitrogens with zero attached hydrogens (tertiary/aromatic N) is 4. The molecule has 1 aliphatic rings. The molecule has 0 saturated carbocycles. The minimum atomic E-state index is -0.385. The van der Waals surface area contributed by atoms with Crippen LogP contribution in [-0.2, 0) is 11.2 Å². The summed E-state index contributed by atoms with van der Waals surface area (Å²) < 4.78 is 23.0. The summed E-state index contributed by atoms with van der Waals surface area (Å²) in [6, 6.07) is 14.9. The van der Waals surface area contributed by atoms with Gasteiger partial charge in [-0.2, -0.15) is 0 Å². The van der Waals surface area contributed by atoms with E-state index in [0.717, 1.165) is 27.5 Å². The number of hydrogen-bond donors (Lipinski definition) is 0. The van der Waals surface area contributed by atoms with Crippen molar-refractivity contribution in [1.29, 1.82) is 0 Å². The lowest BCUT2D eigenvalue weighted by molar-refractivity contribution is 0.181. The van der Waals surface area contributed by atoms with Crippen molar-refractivity contribution in [1.82, 2.24) is 14.4 Å². The fourth-order valence-corrected chi connectivity index (χ4v) is 5.69. The van der Waals surface area contributed by atoms with Crippen LogP contribution < -0.4 is 4.90 Å². The van der Waals surface area contributed by atoms with Crippen molar-refractivity contribution in [2.45, 2.75) is 20.3 Å². The number of anilines is 1. The highest BCUT2D eigenvalue weighted by Gasteiger charge is 2.26. The van der Waals surface area contributed by atoms with E-state index in [9.17, 15) is 4.79 Å². The van der Waals surface area contributed by atoms with E-state index in [0.29, 0.717) is 52.8 Å². The van der Waals surface area contributed by atoms with Crippen molar-refractivity contribution < 1.29 is 13.9 Å². The molecule has 1 aliphatic heterocycles. The molecule has 0 radical (unpaired) electrons. The van der Waals surface area contributed by atoms with Gasteiger partial charge < -0.3 is 4.74 Å². The van der Waals surface area contributed by atoms with Crippen LogP contribution in [0.5, 0.6) is 0 Å². The second kappa shape index (κ2) is 9.28. The van der Waals surface area contributed by atoms with Gasteiger partial charge in [-0.1, -0.05) is 36.7 Å². The Morgan fingerprint density at radius 3 is 2.59 bits per heavy atom. The van der Waals surface area contributed by atoms with Crippen molar-refractivity contribution in [2.24, 2.45) is 0 Å². The monoisotopic (exact) mass is 532 g/mol. The van der Waals surface area contributed by atoms with Crippen molar-refractivity contribution in [2.75, 3.05) is 18.1 Å². The van der Waals surface area contributed by atoms with Gasteiger partial charge in [0.05, 0.1) is 29.3 Å². The number of benzene rings is 2. The summed E-state index contributed by atoms with van der Waals surface area (Å²) in [7, 11) is 0. The summed E-state index contributed by atoms with van der Waals surface area (Å²) in [6.07, 6.45) is 2.07. The van der Waals surface area contributed by atoms with Gasteiger partial charge in [-0.05, 0) is 49.2 Å². The first kappa shape index (κ1) is 23.6. The maximum Gasteiger partial charge on any atom is 0.414 e. The molecule has 0 bridgehead atoms. The van der Waals surface area contributed by atoms with E-state index >= 15 is 4.39 Å². The summed E-state index contributed by atoms with van der Waals surface area (Å²) in [5.74, 6) is -0.316. The number of aryl methyl sites for hydroxylation is 1. The third-order valence-corrected chi connectivity index (χ3v) is 7.73. The first-order valence-electron chi connectivity index (χ1n) is 11.9. The predicted molar refractivity (Wildman–Crippen MR) is 145 cm³/mol. The molecule has 0 atom stereocenters. The number of ether oxygens (including phenoxy) is 1. The topological polar surface area (TPSA) is 59.7 Å². The fraction of sp³-hybridized carbons (Fsp3) is 0.179. The molecular weight excluding hydrogens is 511 g/mol. The summed E-state index contributed by atoms with van der Waals surface area (Å²) >= 11 is 7.49. The Kier molecular flexibility index (Phi) is 5.93. The predicted octanol–water partition coefficient (Wildman–Crippen LogP) is 7.41. The van der Waals surface area contributed by atoms with Crippen LogP contribution >= 0.6 is 22.9 Å². The van der Waals surface area contributed by atoms with E-state index in [1.165, 1.54) is 11.3 Å². The quantitative estimate of drug-likeness (QED) is 0.236. The lowest BCUT2D eigenvalue weighted by Gasteiger charge is -2.14. The molecule has 1 amide bonds. The van der Waals surface area contributed by atoms with E-state index < -0.39 is 0 Å². The molecule has 1 saturated heterocycles. The third-order valence-electron chi connectivity index (χ3n) is 6.60. The molecule has 3 aromatic heterocycles. The number of hydrogen-bond acceptors (Lipinski definition) is 5. The Labute approximate surface area is 221 Å². The van der Waals surface area contributed by atoms with Gasteiger partial charge >= 0.3 is 6.09 Å². The Bertz CT molecular complexity index is 1660. The molecule has 0 spiro atoms. The molecule has 2 aromatic carbocycles. The van der Waals surface area contributed by atoms with E-state index in [2.05, 4.69) is 0 Å². The number of carbonyl (C=O) groups excluding carboxylic acids is 1. The van der Waals surface area contributed by atoms with Gasteiger partial charge in [-0.25, -0.2) is 19.2 Å². The van der Waals surface area contributed by atoms with Crippen LogP contribution in [0.3, 0.4) is 0 Å². The number of pyridine rings is 1. The number of imidazole rings is 1. The van der Waals surface area contributed by atoms with Gasteiger partial charge in [-0.3, -0.25) is 9.30 Å². The Morgan fingerprint density at radius 1 is 1.08 bits per heavy atom. The average molecular weight is 533 g/mol. The number of aromatic nitrogens is 3. The molecule has 6 rings (SSSR count). The number of halogens is 2. The van der Waals surface area contributed by atoms with Crippen LogP contribution in [-0.4, -0.2) is 33.6 Å². The van der Waals surface area contributed by atoms with Crippen LogP contribution in [0, 0.1) is 12.7 Å². The van der Waals surface area contributed by atoms with Crippen LogP contribution in [0.25, 0.3) is 38.7 Å². The van der Waals surface area contributed by atoms with E-state index in [1.54, 1.807) is 17.9 Å². The van der Waals surface area contributed by atoms with Gasteiger partial charge in [0.25, 0.3) is 0 Å². The standard InChI is InChI=1S/C28H22ClFN4O2S/c1-3-22-26(34-14-19(8-11-24(34)31-22)33-12-13-36-28(33)35)21-10-9-20(16(2)25(21)30)27-32-23(15-37-27)17-4-6-18(29)7-5-17/h4-11,14-15H,3,12-13H2,1-2H3. The van der Waals surface area contributed by atoms with Crippen LogP contribution in [0.4, 0.5) is 14.9 Å². The Balaban J connectivity index is 1.43. The number of carbonyl (C=O) groups is 1. The van der Waals surface area contributed by atoms with Gasteiger partial charge in [0, 0.05) is 33.3 Å². The molecule has 0 unspecified atom stereocenters. The molecule has 0 N–H and O–H groups in total. The second-order valence-corrected chi connectivity index (χ2v) is 10.1. The maximum absolute atomic E-state index is 16.0. The molecule has 186 valence electrons. The molecule has 9 heteroatoms. The average Bonchev–Trinajstić information content (AvgIpc) is 3.64. The highest BCUT2D eigenvalue weighted by molar-refractivity contribution is 7.13. The van der Waals surface area contributed by atoms with Crippen molar-refractivity contribution in [3.8, 4) is 33.1 Å². The summed E-state index contributed by atoms with van der Waals surface area (Å²) in [5, 5.41) is 3.38.